The maximum atomic E-state index is 13.5. The maximum Gasteiger partial charge on any atom is 0.325 e. The molecular weight excluding hydrogens is 434 g/mol. The molecule has 2 aromatic heterocycles. The predicted molar refractivity (Wildman–Crippen MR) is 119 cm³/mol. The van der Waals surface area contributed by atoms with Gasteiger partial charge in [0.25, 0.3) is 11.5 Å². The molecule has 10 heteroatoms. The molecule has 0 saturated carbocycles. The zero-order valence-corrected chi connectivity index (χ0v) is 18.9. The van der Waals surface area contributed by atoms with E-state index in [1.165, 1.54) is 15.9 Å². The van der Waals surface area contributed by atoms with E-state index in [9.17, 15) is 19.5 Å². The summed E-state index contributed by atoms with van der Waals surface area (Å²) in [7, 11) is 0. The van der Waals surface area contributed by atoms with Crippen LogP contribution in [0.3, 0.4) is 0 Å². The van der Waals surface area contributed by atoms with Crippen molar-refractivity contribution in [2.45, 2.75) is 39.3 Å². The Morgan fingerprint density at radius 1 is 1.38 bits per heavy atom. The van der Waals surface area contributed by atoms with E-state index in [1.807, 2.05) is 12.3 Å². The van der Waals surface area contributed by atoms with Crippen molar-refractivity contribution >= 4 is 34.1 Å². The quantitative estimate of drug-likeness (QED) is 0.578. The fourth-order valence-corrected chi connectivity index (χ4v) is 4.30. The molecule has 2 N–H and O–H groups in total. The van der Waals surface area contributed by atoms with Crippen LogP contribution in [0.4, 0.5) is 0 Å². The lowest BCUT2D eigenvalue weighted by atomic mass is 10.0. The van der Waals surface area contributed by atoms with E-state index < -0.39 is 46.9 Å². The van der Waals surface area contributed by atoms with Crippen LogP contribution in [0.1, 0.15) is 48.4 Å². The van der Waals surface area contributed by atoms with Gasteiger partial charge in [-0.3, -0.25) is 19.0 Å². The monoisotopic (exact) mass is 457 g/mol. The van der Waals surface area contributed by atoms with Gasteiger partial charge in [0.2, 0.25) is 0 Å². The van der Waals surface area contributed by atoms with E-state index >= 15 is 0 Å². The van der Waals surface area contributed by atoms with Crippen LogP contribution in [-0.2, 0) is 9.53 Å². The minimum atomic E-state index is -0.866. The number of carbonyl (C=O) groups is 2. The number of esters is 1. The summed E-state index contributed by atoms with van der Waals surface area (Å²) >= 11 is 1.38. The minimum absolute atomic E-state index is 0.153. The molecule has 0 bridgehead atoms. The highest BCUT2D eigenvalue weighted by molar-refractivity contribution is 7.07. The van der Waals surface area contributed by atoms with Gasteiger partial charge >= 0.3 is 5.97 Å². The van der Waals surface area contributed by atoms with Gasteiger partial charge in [-0.2, -0.15) is 0 Å². The molecule has 32 heavy (non-hydrogen) atoms. The number of pyridine rings is 1. The van der Waals surface area contributed by atoms with Gasteiger partial charge in [-0.05, 0) is 39.3 Å². The third-order valence-corrected chi connectivity index (χ3v) is 5.63. The van der Waals surface area contributed by atoms with Crippen molar-refractivity contribution in [1.29, 1.82) is 0 Å². The highest BCUT2D eigenvalue weighted by Gasteiger charge is 2.33. The second-order valence-corrected chi connectivity index (χ2v) is 9.23. The van der Waals surface area contributed by atoms with Gasteiger partial charge in [-0.15, -0.1) is 11.3 Å². The molecule has 0 spiro atoms. The average Bonchev–Trinajstić information content (AvgIpc) is 3.24. The lowest BCUT2D eigenvalue weighted by Gasteiger charge is -2.29. The standard InChI is InChI=1S/C22H23N3O6S/c1-11-5-6-12-17-19(11)30-8-14(13-9-32-10-24-13)25(17)21(29)16(18(12)27)20(28)23-7-15(26)31-22(2,3)4/h5-6,9-10,14,27H,7-8H2,1-4H3,(H,23,28). The van der Waals surface area contributed by atoms with Crippen molar-refractivity contribution in [1.82, 2.24) is 14.9 Å². The molecule has 168 valence electrons. The van der Waals surface area contributed by atoms with E-state index in [1.54, 1.807) is 38.4 Å². The van der Waals surface area contributed by atoms with Gasteiger partial charge in [0.15, 0.2) is 0 Å². The molecule has 0 fully saturated rings. The van der Waals surface area contributed by atoms with Crippen molar-refractivity contribution in [2.24, 2.45) is 0 Å². The van der Waals surface area contributed by atoms with E-state index in [0.717, 1.165) is 5.56 Å². The second-order valence-electron chi connectivity index (χ2n) is 8.52. The van der Waals surface area contributed by atoms with Gasteiger partial charge < -0.3 is 19.9 Å². The van der Waals surface area contributed by atoms with Crippen LogP contribution >= 0.6 is 11.3 Å². The normalized spacial score (nSPS) is 15.3. The Morgan fingerprint density at radius 3 is 2.78 bits per heavy atom. The van der Waals surface area contributed by atoms with E-state index in [4.69, 9.17) is 9.47 Å². The van der Waals surface area contributed by atoms with Gasteiger partial charge in [-0.25, -0.2) is 4.98 Å². The molecule has 3 heterocycles. The molecule has 1 unspecified atom stereocenters. The number of benzene rings is 1. The van der Waals surface area contributed by atoms with Gasteiger partial charge in [0.1, 0.15) is 41.9 Å². The number of aromatic hydroxyl groups is 1. The molecule has 1 aliphatic heterocycles. The van der Waals surface area contributed by atoms with Crippen LogP contribution in [0.25, 0.3) is 10.9 Å². The molecule has 0 aliphatic carbocycles. The fraction of sp³-hybridized carbons (Fsp3) is 0.364. The van der Waals surface area contributed by atoms with Crippen LogP contribution in [0, 0.1) is 6.92 Å². The zero-order chi connectivity index (χ0) is 23.2. The second kappa shape index (κ2) is 7.94. The number of thiazole rings is 1. The number of nitrogens with one attached hydrogen (secondary N) is 1. The number of nitrogens with zero attached hydrogens (tertiary/aromatic N) is 2. The molecule has 1 aliphatic rings. The number of ether oxygens (including phenoxy) is 2. The van der Waals surface area contributed by atoms with Crippen molar-refractivity contribution in [3.63, 3.8) is 0 Å². The number of hydrogen-bond acceptors (Lipinski definition) is 8. The van der Waals surface area contributed by atoms with E-state index in [2.05, 4.69) is 10.3 Å². The van der Waals surface area contributed by atoms with Crippen LogP contribution in [0.2, 0.25) is 0 Å². The summed E-state index contributed by atoms with van der Waals surface area (Å²) in [4.78, 5) is 42.7. The maximum absolute atomic E-state index is 13.5. The highest BCUT2D eigenvalue weighted by Crippen LogP contribution is 2.40. The molecule has 9 nitrogen and oxygen atoms in total. The smallest absolute Gasteiger partial charge is 0.325 e. The fourth-order valence-electron chi connectivity index (χ4n) is 3.70. The summed E-state index contributed by atoms with van der Waals surface area (Å²) in [6.07, 6.45) is 0. The van der Waals surface area contributed by atoms with Crippen molar-refractivity contribution in [3.8, 4) is 11.5 Å². The topological polar surface area (TPSA) is 120 Å². The molecule has 0 saturated heterocycles. The summed E-state index contributed by atoms with van der Waals surface area (Å²) in [5, 5.41) is 15.4. The lowest BCUT2D eigenvalue weighted by Crippen LogP contribution is -2.40. The van der Waals surface area contributed by atoms with Crippen molar-refractivity contribution in [2.75, 3.05) is 13.2 Å². The first kappa shape index (κ1) is 21.8. The van der Waals surface area contributed by atoms with Crippen LogP contribution in [-0.4, -0.2) is 45.3 Å². The van der Waals surface area contributed by atoms with E-state index in [0.29, 0.717) is 22.3 Å². The summed E-state index contributed by atoms with van der Waals surface area (Å²) in [6.45, 7) is 6.67. The molecule has 1 atom stereocenters. The molecule has 4 rings (SSSR count). The summed E-state index contributed by atoms with van der Waals surface area (Å²) in [5.41, 5.74) is 1.62. The average molecular weight is 458 g/mol. The van der Waals surface area contributed by atoms with Crippen LogP contribution in [0.15, 0.2) is 27.8 Å². The highest BCUT2D eigenvalue weighted by atomic mass is 32.1. The Kier molecular flexibility index (Phi) is 5.41. The van der Waals surface area contributed by atoms with Gasteiger partial charge in [-0.1, -0.05) is 6.07 Å². The molecule has 3 aromatic rings. The largest absolute Gasteiger partial charge is 0.506 e. The van der Waals surface area contributed by atoms with Crippen LogP contribution < -0.4 is 15.6 Å². The summed E-state index contributed by atoms with van der Waals surface area (Å²) in [5.74, 6) is -1.51. The van der Waals surface area contributed by atoms with Crippen LogP contribution in [0.5, 0.6) is 11.5 Å². The number of carbonyl (C=O) groups excluding carboxylic acids is 2. The number of amides is 1. The molecule has 1 amide bonds. The summed E-state index contributed by atoms with van der Waals surface area (Å²) in [6, 6.07) is 2.82. The van der Waals surface area contributed by atoms with Gasteiger partial charge in [0, 0.05) is 10.8 Å². The lowest BCUT2D eigenvalue weighted by molar-refractivity contribution is -0.153. The first-order valence-electron chi connectivity index (χ1n) is 10.00. The minimum Gasteiger partial charge on any atom is -0.506 e. The first-order valence-corrected chi connectivity index (χ1v) is 10.9. The molecule has 1 aromatic carbocycles. The number of rotatable bonds is 4. The third kappa shape index (κ3) is 3.81. The Bertz CT molecular complexity index is 1270. The third-order valence-electron chi connectivity index (χ3n) is 5.02. The van der Waals surface area contributed by atoms with E-state index in [-0.39, 0.29) is 6.61 Å². The molecular formula is C22H23N3O6S. The predicted octanol–water partition coefficient (Wildman–Crippen LogP) is 2.53. The van der Waals surface area contributed by atoms with Crippen molar-refractivity contribution in [3.05, 3.63) is 50.2 Å². The SMILES string of the molecule is Cc1ccc2c(O)c(C(=O)NCC(=O)OC(C)(C)C)c(=O)n3c2c1OCC3c1cscn1. The number of aryl methyl sites for hydroxylation is 1. The number of aromatic nitrogens is 2. The first-order chi connectivity index (χ1) is 15.1. The van der Waals surface area contributed by atoms with Crippen molar-refractivity contribution < 1.29 is 24.2 Å². The Balaban J connectivity index is 1.82. The Hall–Kier alpha value is -3.40. The summed E-state index contributed by atoms with van der Waals surface area (Å²) < 4.78 is 12.6. The zero-order valence-electron chi connectivity index (χ0n) is 18.1. The van der Waals surface area contributed by atoms with Gasteiger partial charge in [0.05, 0.1) is 16.7 Å². The molecule has 0 radical (unpaired) electrons. The Labute approximate surface area is 187 Å². The number of hydrogen-bond donors (Lipinski definition) is 2. The Morgan fingerprint density at radius 2 is 2.12 bits per heavy atom.